The monoisotopic (exact) mass is 367 g/mol. The first kappa shape index (κ1) is 16.7. The van der Waals surface area contributed by atoms with Crippen molar-refractivity contribution in [1.82, 2.24) is 4.90 Å². The van der Waals surface area contributed by atoms with Crippen molar-refractivity contribution in [2.45, 2.75) is 18.3 Å². The van der Waals surface area contributed by atoms with Gasteiger partial charge in [-0.2, -0.15) is 0 Å². The molecule has 2 aromatic carbocycles. The Balaban J connectivity index is 1.48. The molecule has 2 aromatic rings. The molecule has 4 rings (SSSR count). The highest BCUT2D eigenvalue weighted by Crippen LogP contribution is 2.48. The Kier molecular flexibility index (Phi) is 4.16. The molecule has 2 aliphatic heterocycles. The van der Waals surface area contributed by atoms with Gasteiger partial charge in [-0.05, 0) is 35.9 Å². The van der Waals surface area contributed by atoms with E-state index in [1.165, 1.54) is 6.92 Å². The fourth-order valence-corrected chi connectivity index (χ4v) is 4.77. The number of hydrogen-bond donors (Lipinski definition) is 2. The number of nitrogens with zero attached hydrogens (tertiary/aromatic N) is 1. The molecule has 6 nitrogen and oxygen atoms in total. The molecule has 1 fully saturated rings. The Bertz CT molecular complexity index is 897. The Labute approximate surface area is 154 Å². The second-order valence-electron chi connectivity index (χ2n) is 6.25. The van der Waals surface area contributed by atoms with E-state index in [1.807, 2.05) is 24.3 Å². The van der Waals surface area contributed by atoms with Crippen LogP contribution >= 0.6 is 11.8 Å². The lowest BCUT2D eigenvalue weighted by Crippen LogP contribution is -2.42. The van der Waals surface area contributed by atoms with Crippen LogP contribution in [-0.4, -0.2) is 34.4 Å². The fourth-order valence-electron chi connectivity index (χ4n) is 3.31. The minimum atomic E-state index is -0.500. The molecule has 0 aromatic heterocycles. The average molecular weight is 367 g/mol. The zero-order valence-electron chi connectivity index (χ0n) is 14.1. The van der Waals surface area contributed by atoms with Gasteiger partial charge in [-0.3, -0.25) is 14.4 Å². The molecule has 3 amide bonds. The number of amides is 3. The molecule has 1 saturated heterocycles. The summed E-state index contributed by atoms with van der Waals surface area (Å²) in [6.07, 6.45) is 0. The first-order valence-electron chi connectivity index (χ1n) is 8.26. The minimum absolute atomic E-state index is 0.0863. The molecule has 0 saturated carbocycles. The maximum absolute atomic E-state index is 12.7. The summed E-state index contributed by atoms with van der Waals surface area (Å²) >= 11 is 1.61. The number of fused-ring (bicyclic) bond motifs is 3. The van der Waals surface area contributed by atoms with Crippen molar-refractivity contribution in [3.63, 3.8) is 0 Å². The Morgan fingerprint density at radius 2 is 1.69 bits per heavy atom. The number of rotatable bonds is 3. The summed E-state index contributed by atoms with van der Waals surface area (Å²) in [5.41, 5.74) is 2.96. The summed E-state index contributed by atoms with van der Waals surface area (Å²) in [6.45, 7) is 1.44. The molecule has 2 N–H and O–H groups in total. The molecule has 0 bridgehead atoms. The molecule has 0 unspecified atom stereocenters. The van der Waals surface area contributed by atoms with Crippen molar-refractivity contribution in [3.8, 4) is 0 Å². The summed E-state index contributed by atoms with van der Waals surface area (Å²) in [5, 5.41) is 5.46. The third-order valence-electron chi connectivity index (χ3n) is 4.47. The summed E-state index contributed by atoms with van der Waals surface area (Å²) in [7, 11) is 0. The highest BCUT2D eigenvalue weighted by molar-refractivity contribution is 7.99. The highest BCUT2D eigenvalue weighted by Gasteiger charge is 2.48. The quantitative estimate of drug-likeness (QED) is 0.874. The van der Waals surface area contributed by atoms with Crippen LogP contribution in [0.5, 0.6) is 0 Å². The van der Waals surface area contributed by atoms with Gasteiger partial charge in [-0.1, -0.05) is 18.2 Å². The van der Waals surface area contributed by atoms with Crippen molar-refractivity contribution in [2.75, 3.05) is 16.4 Å². The molecule has 0 spiro atoms. The number of carbonyl (C=O) groups is 3. The Hall–Kier alpha value is -2.80. The van der Waals surface area contributed by atoms with Crippen LogP contribution in [0.3, 0.4) is 0 Å². The van der Waals surface area contributed by atoms with Crippen molar-refractivity contribution in [2.24, 2.45) is 0 Å². The smallest absolute Gasteiger partial charge is 0.256 e. The van der Waals surface area contributed by atoms with Crippen LogP contribution in [0.2, 0.25) is 0 Å². The summed E-state index contributed by atoms with van der Waals surface area (Å²) in [6, 6.07) is 13.9. The second-order valence-corrected chi connectivity index (χ2v) is 7.36. The van der Waals surface area contributed by atoms with Gasteiger partial charge >= 0.3 is 0 Å². The number of benzene rings is 2. The van der Waals surface area contributed by atoms with Gasteiger partial charge in [-0.15, -0.1) is 11.8 Å². The van der Waals surface area contributed by atoms with E-state index in [0.29, 0.717) is 22.7 Å². The number of hydrogen-bond acceptors (Lipinski definition) is 4. The van der Waals surface area contributed by atoms with E-state index in [9.17, 15) is 14.4 Å². The van der Waals surface area contributed by atoms with E-state index in [4.69, 9.17) is 0 Å². The third-order valence-corrected chi connectivity index (χ3v) is 5.77. The van der Waals surface area contributed by atoms with E-state index >= 15 is 0 Å². The summed E-state index contributed by atoms with van der Waals surface area (Å²) in [4.78, 5) is 38.2. The lowest BCUT2D eigenvalue weighted by molar-refractivity contribution is -0.119. The molecule has 2 aliphatic rings. The number of carbonyl (C=O) groups excluding carboxylic acids is 3. The molecular weight excluding hydrogens is 350 g/mol. The molecule has 0 radical (unpaired) electrons. The molecule has 26 heavy (non-hydrogen) atoms. The van der Waals surface area contributed by atoms with E-state index in [0.717, 1.165) is 5.56 Å². The third kappa shape index (κ3) is 2.84. The lowest BCUT2D eigenvalue weighted by Gasteiger charge is -2.22. The van der Waals surface area contributed by atoms with Crippen LogP contribution in [0.1, 0.15) is 28.2 Å². The minimum Gasteiger partial charge on any atom is -0.326 e. The van der Waals surface area contributed by atoms with E-state index in [2.05, 4.69) is 10.6 Å². The molecule has 0 aliphatic carbocycles. The van der Waals surface area contributed by atoms with E-state index in [-0.39, 0.29) is 23.1 Å². The van der Waals surface area contributed by atoms with Gasteiger partial charge in [0, 0.05) is 29.6 Å². The first-order valence-corrected chi connectivity index (χ1v) is 9.31. The van der Waals surface area contributed by atoms with Gasteiger partial charge in [0.2, 0.25) is 11.8 Å². The standard InChI is InChI=1S/C19H17N3O3S/c1-11(23)20-12-6-8-13(9-7-12)21-17(24)16-10-26-19-15-5-3-2-4-14(15)18(25)22(16)19/h2-9,16,19H,10H2,1H3,(H,20,23)(H,21,24)/t16-,19+/m0/s1. The van der Waals surface area contributed by atoms with Crippen LogP contribution in [0.25, 0.3) is 0 Å². The van der Waals surface area contributed by atoms with Crippen LogP contribution < -0.4 is 10.6 Å². The number of anilines is 2. The first-order chi connectivity index (χ1) is 12.5. The molecule has 7 heteroatoms. The van der Waals surface area contributed by atoms with Crippen molar-refractivity contribution < 1.29 is 14.4 Å². The van der Waals surface area contributed by atoms with E-state index in [1.54, 1.807) is 40.9 Å². The maximum atomic E-state index is 12.7. The zero-order valence-corrected chi connectivity index (χ0v) is 14.9. The Morgan fingerprint density at radius 1 is 1.04 bits per heavy atom. The molecule has 132 valence electrons. The van der Waals surface area contributed by atoms with Crippen LogP contribution in [0.15, 0.2) is 48.5 Å². The van der Waals surface area contributed by atoms with Crippen molar-refractivity contribution in [1.29, 1.82) is 0 Å². The van der Waals surface area contributed by atoms with Crippen molar-refractivity contribution in [3.05, 3.63) is 59.7 Å². The van der Waals surface area contributed by atoms with Gasteiger partial charge < -0.3 is 15.5 Å². The lowest BCUT2D eigenvalue weighted by atomic mass is 10.1. The van der Waals surface area contributed by atoms with Gasteiger partial charge in [0.25, 0.3) is 5.91 Å². The largest absolute Gasteiger partial charge is 0.326 e. The van der Waals surface area contributed by atoms with Gasteiger partial charge in [-0.25, -0.2) is 0 Å². The topological polar surface area (TPSA) is 78.5 Å². The number of nitrogens with one attached hydrogen (secondary N) is 2. The molecule has 2 atom stereocenters. The fraction of sp³-hybridized carbons (Fsp3) is 0.211. The predicted octanol–water partition coefficient (Wildman–Crippen LogP) is 2.85. The zero-order chi connectivity index (χ0) is 18.3. The van der Waals surface area contributed by atoms with Gasteiger partial charge in [0.05, 0.1) is 0 Å². The van der Waals surface area contributed by atoms with Crippen LogP contribution in [0.4, 0.5) is 11.4 Å². The SMILES string of the molecule is CC(=O)Nc1ccc(NC(=O)[C@@H]2CS[C@@H]3c4ccccc4C(=O)N32)cc1. The molecular formula is C19H17N3O3S. The van der Waals surface area contributed by atoms with E-state index < -0.39 is 6.04 Å². The van der Waals surface area contributed by atoms with Crippen molar-refractivity contribution >= 4 is 40.9 Å². The Morgan fingerprint density at radius 3 is 2.38 bits per heavy atom. The maximum Gasteiger partial charge on any atom is 0.256 e. The van der Waals surface area contributed by atoms with Crippen LogP contribution in [-0.2, 0) is 9.59 Å². The summed E-state index contributed by atoms with van der Waals surface area (Å²) in [5.74, 6) is 0.133. The summed E-state index contributed by atoms with van der Waals surface area (Å²) < 4.78 is 0. The van der Waals surface area contributed by atoms with Gasteiger partial charge in [0.15, 0.2) is 0 Å². The normalized spacial score (nSPS) is 20.5. The number of thioether (sulfide) groups is 1. The van der Waals surface area contributed by atoms with Gasteiger partial charge in [0.1, 0.15) is 11.4 Å². The van der Waals surface area contributed by atoms with Crippen LogP contribution in [0, 0.1) is 0 Å². The average Bonchev–Trinajstić information content (AvgIpc) is 3.17. The molecule has 2 heterocycles. The second kappa shape index (κ2) is 6.49. The predicted molar refractivity (Wildman–Crippen MR) is 101 cm³/mol. The highest BCUT2D eigenvalue weighted by atomic mass is 32.2.